The highest BCUT2D eigenvalue weighted by atomic mass is 28.2. The van der Waals surface area contributed by atoms with Gasteiger partial charge < -0.3 is 18.3 Å². The van der Waals surface area contributed by atoms with Gasteiger partial charge in [-0.25, -0.2) is 4.79 Å². The Balaban J connectivity index is 5.08. The average Bonchev–Trinajstić information content (AvgIpc) is 2.33. The van der Waals surface area contributed by atoms with Crippen molar-refractivity contribution in [3.05, 3.63) is 0 Å². The summed E-state index contributed by atoms with van der Waals surface area (Å²) in [6.07, 6.45) is 0.175. The molecule has 0 saturated heterocycles. The Morgan fingerprint density at radius 3 is 1.90 bits per heavy atom. The molecule has 0 rings (SSSR count). The minimum Gasteiger partial charge on any atom is -0.469 e. The predicted molar refractivity (Wildman–Crippen MR) is 80.8 cm³/mol. The van der Waals surface area contributed by atoms with Crippen molar-refractivity contribution in [3.8, 4) is 0 Å². The minimum atomic E-state index is -1.44. The third kappa shape index (κ3) is 6.64. The van der Waals surface area contributed by atoms with Crippen LogP contribution in [0, 0.1) is 0 Å². The summed E-state index contributed by atoms with van der Waals surface area (Å²) in [5.74, 6) is -2.40. The summed E-state index contributed by atoms with van der Waals surface area (Å²) in [5.41, 5.74) is -0.634. The van der Waals surface area contributed by atoms with Crippen LogP contribution in [-0.2, 0) is 27.9 Å². The van der Waals surface area contributed by atoms with Crippen LogP contribution >= 0.6 is 0 Å². The molecule has 0 aliphatic carbocycles. The number of ether oxygens (including phenoxy) is 2. The van der Waals surface area contributed by atoms with Crippen molar-refractivity contribution in [2.45, 2.75) is 58.1 Å². The van der Waals surface area contributed by atoms with Crippen LogP contribution in [0.2, 0.25) is 13.1 Å². The van der Waals surface area contributed by atoms with Crippen molar-refractivity contribution in [1.29, 1.82) is 0 Å². The molecule has 0 aromatic carbocycles. The zero-order valence-corrected chi connectivity index (χ0v) is 16.1. The number of esters is 2. The lowest BCUT2D eigenvalue weighted by molar-refractivity contribution is -0.205. The van der Waals surface area contributed by atoms with Crippen LogP contribution < -0.4 is 0 Å². The molecular weight excluding hydrogens is 296 g/mol. The van der Waals surface area contributed by atoms with Crippen molar-refractivity contribution >= 4 is 31.5 Å². The van der Waals surface area contributed by atoms with E-state index in [0.29, 0.717) is 0 Å². The van der Waals surface area contributed by atoms with E-state index in [1.807, 2.05) is 13.1 Å². The van der Waals surface area contributed by atoms with Gasteiger partial charge in [-0.2, -0.15) is 0 Å². The zero-order valence-electron chi connectivity index (χ0n) is 13.3. The minimum absolute atomic E-state index is 0.0541. The van der Waals surface area contributed by atoms with Gasteiger partial charge in [0, 0.05) is 6.42 Å². The lowest BCUT2D eigenvalue weighted by Gasteiger charge is -2.34. The maximum absolute atomic E-state index is 12.4. The summed E-state index contributed by atoms with van der Waals surface area (Å²) < 4.78 is 21.3. The van der Waals surface area contributed by atoms with Gasteiger partial charge in [0.15, 0.2) is 19.5 Å². The van der Waals surface area contributed by atoms with Gasteiger partial charge in [0.2, 0.25) is 0 Å². The van der Waals surface area contributed by atoms with E-state index in [4.69, 9.17) is 13.6 Å². The van der Waals surface area contributed by atoms with Crippen molar-refractivity contribution in [2.24, 2.45) is 0 Å². The number of methoxy groups -OCH3 is 1. The van der Waals surface area contributed by atoms with Crippen LogP contribution in [-0.4, -0.2) is 50.0 Å². The van der Waals surface area contributed by atoms with E-state index in [1.54, 1.807) is 20.8 Å². The Hall–Kier alpha value is -0.706. The molecule has 0 amide bonds. The van der Waals surface area contributed by atoms with Gasteiger partial charge in [0.05, 0.1) is 13.5 Å². The molecule has 0 fully saturated rings. The van der Waals surface area contributed by atoms with Crippen LogP contribution in [0.15, 0.2) is 0 Å². The molecule has 6 nitrogen and oxygen atoms in total. The first kappa shape index (κ1) is 19.3. The highest BCUT2D eigenvalue weighted by molar-refractivity contribution is 6.27. The summed E-state index contributed by atoms with van der Waals surface area (Å²) in [6, 6.07) is 0. The molecule has 20 heavy (non-hydrogen) atoms. The summed E-state index contributed by atoms with van der Waals surface area (Å²) in [6.45, 7) is 9.14. The molecule has 0 unspecified atom stereocenters. The third-order valence-corrected chi connectivity index (χ3v) is 3.86. The quantitative estimate of drug-likeness (QED) is 0.363. The van der Waals surface area contributed by atoms with Crippen molar-refractivity contribution in [3.63, 3.8) is 0 Å². The summed E-state index contributed by atoms with van der Waals surface area (Å²) in [7, 11) is -0.519. The molecule has 0 aromatic heterocycles. The van der Waals surface area contributed by atoms with Crippen molar-refractivity contribution in [1.82, 2.24) is 0 Å². The normalized spacial score (nSPS) is 15.7. The Morgan fingerprint density at radius 1 is 1.05 bits per heavy atom. The first-order valence-electron chi connectivity index (χ1n) is 6.79. The summed E-state index contributed by atoms with van der Waals surface area (Å²) in [4.78, 5) is 23.7. The number of hydrogen-bond donors (Lipinski definition) is 0. The van der Waals surface area contributed by atoms with Crippen LogP contribution in [0.25, 0.3) is 0 Å². The average molecular weight is 323 g/mol. The molecule has 0 N–H and O–H groups in total. The molecule has 0 atom stereocenters. The molecule has 0 spiro atoms. The van der Waals surface area contributed by atoms with Gasteiger partial charge in [-0.3, -0.25) is 4.79 Å². The molecular formula is C12H26O6Si2. The second-order valence-electron chi connectivity index (χ2n) is 5.20. The van der Waals surface area contributed by atoms with Crippen LogP contribution in [0.1, 0.15) is 33.6 Å². The molecule has 0 heterocycles. The molecule has 0 aliphatic rings. The lowest BCUT2D eigenvalue weighted by atomic mass is 10.1. The Bertz CT molecular complexity index is 320. The van der Waals surface area contributed by atoms with E-state index < -0.39 is 42.9 Å². The largest absolute Gasteiger partial charge is 0.469 e. The molecule has 0 saturated carbocycles. The maximum atomic E-state index is 12.4. The first-order valence-corrected chi connectivity index (χ1v) is 10.8. The van der Waals surface area contributed by atoms with E-state index in [1.165, 1.54) is 7.11 Å². The fourth-order valence-corrected chi connectivity index (χ4v) is 3.39. The van der Waals surface area contributed by atoms with E-state index in [2.05, 4.69) is 4.74 Å². The second-order valence-corrected chi connectivity index (χ2v) is 6.93. The van der Waals surface area contributed by atoms with Gasteiger partial charge in [-0.15, -0.1) is 0 Å². The second kappa shape index (κ2) is 8.55. The topological polar surface area (TPSA) is 71.1 Å². The van der Waals surface area contributed by atoms with Crippen LogP contribution in [0.5, 0.6) is 0 Å². The lowest BCUT2D eigenvalue weighted by Crippen LogP contribution is -2.49. The molecule has 8 heteroatoms. The standard InChI is InChI=1S/C12H26O6Si2/c1-11(2,3)16-10(14)12(17-19-5,18-20-6)8-7-9(13)15-4/h7-8,19-20H2,1-6H3. The van der Waals surface area contributed by atoms with E-state index in [9.17, 15) is 9.59 Å². The predicted octanol–water partition coefficient (Wildman–Crippen LogP) is 0.275. The number of carbonyl (C=O) groups is 2. The van der Waals surface area contributed by atoms with Gasteiger partial charge in [-0.05, 0) is 20.8 Å². The first-order chi connectivity index (χ1) is 9.20. The molecule has 0 aliphatic heterocycles. The van der Waals surface area contributed by atoms with Crippen LogP contribution in [0.4, 0.5) is 0 Å². The molecule has 0 radical (unpaired) electrons. The van der Waals surface area contributed by atoms with Crippen LogP contribution in [0.3, 0.4) is 0 Å². The fourth-order valence-electron chi connectivity index (χ4n) is 1.60. The van der Waals surface area contributed by atoms with E-state index >= 15 is 0 Å². The zero-order chi connectivity index (χ0) is 15.8. The van der Waals surface area contributed by atoms with Gasteiger partial charge >= 0.3 is 11.9 Å². The monoisotopic (exact) mass is 322 g/mol. The van der Waals surface area contributed by atoms with Crippen molar-refractivity contribution in [2.75, 3.05) is 7.11 Å². The maximum Gasteiger partial charge on any atom is 0.365 e. The summed E-state index contributed by atoms with van der Waals surface area (Å²) >= 11 is 0. The smallest absolute Gasteiger partial charge is 0.365 e. The highest BCUT2D eigenvalue weighted by Gasteiger charge is 2.43. The highest BCUT2D eigenvalue weighted by Crippen LogP contribution is 2.24. The van der Waals surface area contributed by atoms with E-state index in [-0.39, 0.29) is 12.8 Å². The molecule has 0 bridgehead atoms. The SMILES string of the molecule is COC(=O)CCC(O[SiH2]C)(O[SiH2]C)C(=O)OC(C)(C)C. The van der Waals surface area contributed by atoms with Crippen molar-refractivity contribution < 1.29 is 27.9 Å². The number of rotatable bonds is 8. The Morgan fingerprint density at radius 2 is 1.55 bits per heavy atom. The number of carbonyl (C=O) groups excluding carboxylic acids is 2. The fraction of sp³-hybridized carbons (Fsp3) is 0.833. The van der Waals surface area contributed by atoms with Gasteiger partial charge in [0.25, 0.3) is 5.79 Å². The van der Waals surface area contributed by atoms with E-state index in [0.717, 1.165) is 0 Å². The Labute approximate surface area is 125 Å². The number of hydrogen-bond acceptors (Lipinski definition) is 6. The van der Waals surface area contributed by atoms with Gasteiger partial charge in [-0.1, -0.05) is 13.1 Å². The Kier molecular flexibility index (Phi) is 8.25. The molecule has 118 valence electrons. The summed E-state index contributed by atoms with van der Waals surface area (Å²) in [5, 5.41) is 0. The molecule has 0 aromatic rings. The van der Waals surface area contributed by atoms with Gasteiger partial charge in [0.1, 0.15) is 5.60 Å². The third-order valence-electron chi connectivity index (χ3n) is 2.35.